The Kier molecular flexibility index (Phi) is 6.32. The van der Waals surface area contributed by atoms with Gasteiger partial charge in [0.2, 0.25) is 5.95 Å². The molecular weight excluding hydrogens is 472 g/mol. The molecule has 1 saturated heterocycles. The van der Waals surface area contributed by atoms with Crippen LogP contribution in [0.25, 0.3) is 16.9 Å². The van der Waals surface area contributed by atoms with Crippen LogP contribution in [0.15, 0.2) is 77.9 Å². The van der Waals surface area contributed by atoms with Crippen LogP contribution in [0.4, 0.5) is 17.6 Å². The largest absolute Gasteiger partial charge is 0.492 e. The monoisotopic (exact) mass is 498 g/mol. The molecule has 1 N–H and O–H groups in total. The molecule has 1 aliphatic rings. The third-order valence-corrected chi connectivity index (χ3v) is 6.78. The number of hydrogen-bond acceptors (Lipinski definition) is 9. The van der Waals surface area contributed by atoms with Gasteiger partial charge < -0.3 is 19.9 Å². The van der Waals surface area contributed by atoms with Gasteiger partial charge in [-0.1, -0.05) is 24.3 Å². The summed E-state index contributed by atoms with van der Waals surface area (Å²) in [5.74, 6) is 3.27. The van der Waals surface area contributed by atoms with Crippen molar-refractivity contribution in [3.05, 3.63) is 77.9 Å². The summed E-state index contributed by atoms with van der Waals surface area (Å²) in [5, 5.41) is 7.58. The Balaban J connectivity index is 1.24. The zero-order valence-electron chi connectivity index (χ0n) is 19.7. The summed E-state index contributed by atoms with van der Waals surface area (Å²) in [7, 11) is 0. The van der Waals surface area contributed by atoms with E-state index in [0.717, 1.165) is 54.6 Å². The number of imidazole rings is 1. The molecule has 182 valence electrons. The number of anilines is 3. The molecule has 0 saturated carbocycles. The molecular formula is C26H26N8OS. The van der Waals surface area contributed by atoms with Crippen molar-refractivity contribution < 1.29 is 4.74 Å². The zero-order valence-corrected chi connectivity index (χ0v) is 20.5. The van der Waals surface area contributed by atoms with E-state index in [1.54, 1.807) is 11.3 Å². The third-order valence-electron chi connectivity index (χ3n) is 6.11. The van der Waals surface area contributed by atoms with Crippen molar-refractivity contribution in [1.82, 2.24) is 24.5 Å². The van der Waals surface area contributed by atoms with Gasteiger partial charge in [0.05, 0.1) is 12.2 Å². The quantitative estimate of drug-likeness (QED) is 0.320. The van der Waals surface area contributed by atoms with Crippen molar-refractivity contribution in [2.75, 3.05) is 54.4 Å². The summed E-state index contributed by atoms with van der Waals surface area (Å²) < 4.78 is 7.87. The van der Waals surface area contributed by atoms with Crippen molar-refractivity contribution in [3.63, 3.8) is 0 Å². The van der Waals surface area contributed by atoms with E-state index in [-0.39, 0.29) is 0 Å². The lowest BCUT2D eigenvalue weighted by Crippen LogP contribution is -2.47. The normalized spacial score (nSPS) is 13.8. The topological polar surface area (TPSA) is 84.2 Å². The maximum absolute atomic E-state index is 5.85. The molecule has 0 unspecified atom stereocenters. The number of aromatic nitrogens is 5. The lowest BCUT2D eigenvalue weighted by molar-refractivity contribution is 0.333. The minimum Gasteiger partial charge on any atom is -0.492 e. The van der Waals surface area contributed by atoms with Crippen molar-refractivity contribution in [1.29, 1.82) is 0 Å². The highest BCUT2D eigenvalue weighted by molar-refractivity contribution is 7.08. The number of piperazine rings is 1. The van der Waals surface area contributed by atoms with Crippen LogP contribution < -0.4 is 19.9 Å². The van der Waals surface area contributed by atoms with E-state index in [0.29, 0.717) is 24.9 Å². The molecule has 5 heterocycles. The molecule has 10 heteroatoms. The first-order valence-corrected chi connectivity index (χ1v) is 12.9. The van der Waals surface area contributed by atoms with Gasteiger partial charge in [-0.15, -0.1) is 0 Å². The summed E-state index contributed by atoms with van der Waals surface area (Å²) in [5.41, 5.74) is 2.58. The van der Waals surface area contributed by atoms with Crippen molar-refractivity contribution in [2.45, 2.75) is 0 Å². The van der Waals surface area contributed by atoms with E-state index < -0.39 is 0 Å². The van der Waals surface area contributed by atoms with Crippen LogP contribution in [0, 0.1) is 0 Å². The van der Waals surface area contributed by atoms with Crippen LogP contribution in [0.5, 0.6) is 5.75 Å². The average Bonchev–Trinajstić information content (AvgIpc) is 3.62. The Morgan fingerprint density at radius 2 is 1.72 bits per heavy atom. The summed E-state index contributed by atoms with van der Waals surface area (Å²) in [6.07, 6.45) is 3.65. The second kappa shape index (κ2) is 10.2. The van der Waals surface area contributed by atoms with E-state index >= 15 is 0 Å². The van der Waals surface area contributed by atoms with Gasteiger partial charge >= 0.3 is 0 Å². The molecule has 0 radical (unpaired) electrons. The SMILES string of the molecule is c1ccc(OCCNc2nc(N3CCN(c4ccccn4)CC3)nc3c2ncn3-c2ccsc2)cc1. The fourth-order valence-corrected chi connectivity index (χ4v) is 4.90. The maximum Gasteiger partial charge on any atom is 0.229 e. The smallest absolute Gasteiger partial charge is 0.229 e. The van der Waals surface area contributed by atoms with E-state index in [1.807, 2.05) is 59.6 Å². The van der Waals surface area contributed by atoms with Gasteiger partial charge in [0.1, 0.15) is 24.5 Å². The first-order valence-electron chi connectivity index (χ1n) is 12.0. The number of pyridine rings is 1. The second-order valence-electron chi connectivity index (χ2n) is 8.39. The Hall–Kier alpha value is -4.18. The molecule has 1 aromatic carbocycles. The van der Waals surface area contributed by atoms with Gasteiger partial charge in [-0.3, -0.25) is 4.57 Å². The number of nitrogens with one attached hydrogen (secondary N) is 1. The first kappa shape index (κ1) is 22.3. The van der Waals surface area contributed by atoms with E-state index in [2.05, 4.69) is 48.0 Å². The molecule has 0 bridgehead atoms. The number of benzene rings is 1. The van der Waals surface area contributed by atoms with E-state index in [1.165, 1.54) is 0 Å². The predicted octanol–water partition coefficient (Wildman–Crippen LogP) is 4.09. The summed E-state index contributed by atoms with van der Waals surface area (Å²) >= 11 is 1.65. The van der Waals surface area contributed by atoms with Gasteiger partial charge in [-0.25, -0.2) is 9.97 Å². The molecule has 1 fully saturated rings. The first-order chi connectivity index (χ1) is 17.8. The van der Waals surface area contributed by atoms with Crippen LogP contribution in [-0.4, -0.2) is 63.8 Å². The molecule has 4 aromatic heterocycles. The highest BCUT2D eigenvalue weighted by Gasteiger charge is 2.23. The predicted molar refractivity (Wildman–Crippen MR) is 144 cm³/mol. The molecule has 6 rings (SSSR count). The highest BCUT2D eigenvalue weighted by atomic mass is 32.1. The second-order valence-corrected chi connectivity index (χ2v) is 9.17. The van der Waals surface area contributed by atoms with Crippen LogP contribution >= 0.6 is 11.3 Å². The van der Waals surface area contributed by atoms with E-state index in [9.17, 15) is 0 Å². The number of fused-ring (bicyclic) bond motifs is 1. The Labute approximate surface area is 213 Å². The molecule has 5 aromatic rings. The van der Waals surface area contributed by atoms with E-state index in [4.69, 9.17) is 14.7 Å². The minimum absolute atomic E-state index is 0.513. The highest BCUT2D eigenvalue weighted by Crippen LogP contribution is 2.26. The number of para-hydroxylation sites is 1. The number of thiophene rings is 1. The van der Waals surface area contributed by atoms with Crippen LogP contribution in [0.1, 0.15) is 0 Å². The van der Waals surface area contributed by atoms with Crippen LogP contribution in [-0.2, 0) is 0 Å². The van der Waals surface area contributed by atoms with Gasteiger partial charge in [-0.05, 0) is 35.7 Å². The molecule has 0 atom stereocenters. The number of rotatable bonds is 8. The zero-order chi connectivity index (χ0) is 24.2. The molecule has 36 heavy (non-hydrogen) atoms. The van der Waals surface area contributed by atoms with Crippen LogP contribution in [0.3, 0.4) is 0 Å². The minimum atomic E-state index is 0.513. The third kappa shape index (κ3) is 4.67. The standard InChI is InChI=1S/C26H26N8OS/c1-2-6-21(7-3-1)35-16-11-28-24-23-25(34(19-29-23)20-9-17-36-18-20)31-26(30-24)33-14-12-32(13-15-33)22-8-4-5-10-27-22/h1-10,17-19H,11-16H2,(H,28,30,31). The Morgan fingerprint density at radius 3 is 2.50 bits per heavy atom. The van der Waals surface area contributed by atoms with Gasteiger partial charge in [0, 0.05) is 37.8 Å². The summed E-state index contributed by atoms with van der Waals surface area (Å²) in [4.78, 5) is 23.5. The number of hydrogen-bond donors (Lipinski definition) is 1. The maximum atomic E-state index is 5.85. The number of ether oxygens (including phenoxy) is 1. The van der Waals surface area contributed by atoms with Crippen LogP contribution in [0.2, 0.25) is 0 Å². The van der Waals surface area contributed by atoms with Crippen molar-refractivity contribution in [3.8, 4) is 11.4 Å². The van der Waals surface area contributed by atoms with Gasteiger partial charge in [-0.2, -0.15) is 21.3 Å². The van der Waals surface area contributed by atoms with Crippen molar-refractivity contribution in [2.24, 2.45) is 0 Å². The fraction of sp³-hybridized carbons (Fsp3) is 0.231. The Morgan fingerprint density at radius 1 is 0.889 bits per heavy atom. The lowest BCUT2D eigenvalue weighted by atomic mass is 10.3. The number of nitrogens with zero attached hydrogens (tertiary/aromatic N) is 7. The molecule has 1 aliphatic heterocycles. The van der Waals surface area contributed by atoms with Gasteiger partial charge in [0.25, 0.3) is 0 Å². The summed E-state index contributed by atoms with van der Waals surface area (Å²) in [6.45, 7) is 4.44. The Bertz CT molecular complexity index is 1400. The van der Waals surface area contributed by atoms with Gasteiger partial charge in [0.15, 0.2) is 17.0 Å². The molecule has 9 nitrogen and oxygen atoms in total. The fourth-order valence-electron chi connectivity index (χ4n) is 4.27. The van der Waals surface area contributed by atoms with Crippen molar-refractivity contribution >= 4 is 40.1 Å². The molecule has 0 spiro atoms. The summed E-state index contributed by atoms with van der Waals surface area (Å²) in [6, 6.07) is 17.9. The molecule has 0 amide bonds. The molecule has 0 aliphatic carbocycles. The average molecular weight is 499 g/mol. The lowest BCUT2D eigenvalue weighted by Gasteiger charge is -2.35.